The molecule has 0 aliphatic carbocycles. The van der Waals surface area contributed by atoms with Gasteiger partial charge in [0.05, 0.1) is 19.6 Å². The second-order valence-electron chi connectivity index (χ2n) is 4.00. The van der Waals surface area contributed by atoms with Gasteiger partial charge in [-0.2, -0.15) is 0 Å². The summed E-state index contributed by atoms with van der Waals surface area (Å²) in [5, 5.41) is 34.7. The SMILES string of the molecule is C=C(CCC(=O)OC(=O)C(O)CO)C(=O)OC(=O)C(O)CO. The second-order valence-corrected chi connectivity index (χ2v) is 4.00. The minimum absolute atomic E-state index is 0.314. The summed E-state index contributed by atoms with van der Waals surface area (Å²) in [5.74, 6) is -5.03. The van der Waals surface area contributed by atoms with Gasteiger partial charge in [0.15, 0.2) is 12.2 Å². The van der Waals surface area contributed by atoms with Gasteiger partial charge in [0, 0.05) is 5.57 Å². The lowest BCUT2D eigenvalue weighted by Crippen LogP contribution is -2.29. The number of aliphatic hydroxyl groups excluding tert-OH is 4. The van der Waals surface area contributed by atoms with Crippen LogP contribution in [0.2, 0.25) is 0 Å². The fourth-order valence-electron chi connectivity index (χ4n) is 0.967. The van der Waals surface area contributed by atoms with Crippen LogP contribution in [0, 0.1) is 0 Å². The lowest BCUT2D eigenvalue weighted by Gasteiger charge is -2.08. The predicted octanol–water partition coefficient (Wildman–Crippen LogP) is -2.83. The Morgan fingerprint density at radius 1 is 0.864 bits per heavy atom. The maximum absolute atomic E-state index is 11.3. The van der Waals surface area contributed by atoms with Gasteiger partial charge in [-0.15, -0.1) is 0 Å². The van der Waals surface area contributed by atoms with Crippen LogP contribution in [0.4, 0.5) is 0 Å². The van der Waals surface area contributed by atoms with E-state index in [-0.39, 0.29) is 12.0 Å². The molecule has 0 aliphatic rings. The number of esters is 4. The minimum atomic E-state index is -1.88. The normalized spacial score (nSPS) is 12.9. The minimum Gasteiger partial charge on any atom is -0.393 e. The van der Waals surface area contributed by atoms with Crippen molar-refractivity contribution in [2.75, 3.05) is 13.2 Å². The number of carbonyl (C=O) groups is 4. The molecule has 0 amide bonds. The van der Waals surface area contributed by atoms with E-state index in [4.69, 9.17) is 20.4 Å². The van der Waals surface area contributed by atoms with Crippen LogP contribution in [0.25, 0.3) is 0 Å². The molecule has 2 unspecified atom stereocenters. The molecule has 10 heteroatoms. The predicted molar refractivity (Wildman–Crippen MR) is 66.8 cm³/mol. The van der Waals surface area contributed by atoms with Crippen molar-refractivity contribution < 1.29 is 49.1 Å². The molecule has 2 atom stereocenters. The Labute approximate surface area is 124 Å². The number of hydrogen-bond donors (Lipinski definition) is 4. The summed E-state index contributed by atoms with van der Waals surface area (Å²) in [5.41, 5.74) is -0.314. The van der Waals surface area contributed by atoms with Crippen LogP contribution in [0.3, 0.4) is 0 Å². The van der Waals surface area contributed by atoms with Gasteiger partial charge in [-0.3, -0.25) is 4.79 Å². The molecule has 0 fully saturated rings. The zero-order valence-electron chi connectivity index (χ0n) is 11.4. The van der Waals surface area contributed by atoms with Gasteiger partial charge in [-0.1, -0.05) is 6.58 Å². The van der Waals surface area contributed by atoms with Crippen molar-refractivity contribution in [1.82, 2.24) is 0 Å². The molecule has 0 bridgehead atoms. The summed E-state index contributed by atoms with van der Waals surface area (Å²) in [6, 6.07) is 0. The highest BCUT2D eigenvalue weighted by Crippen LogP contribution is 2.07. The second kappa shape index (κ2) is 9.73. The summed E-state index contributed by atoms with van der Waals surface area (Å²) in [6.07, 6.45) is -4.52. The van der Waals surface area contributed by atoms with Gasteiger partial charge in [0.2, 0.25) is 0 Å². The maximum Gasteiger partial charge on any atom is 0.345 e. The first-order valence-electron chi connectivity index (χ1n) is 5.99. The molecule has 0 rings (SSSR count). The first-order chi connectivity index (χ1) is 10.2. The third-order valence-electron chi connectivity index (χ3n) is 2.22. The average molecular weight is 320 g/mol. The van der Waals surface area contributed by atoms with Gasteiger partial charge in [0.25, 0.3) is 0 Å². The molecule has 0 spiro atoms. The van der Waals surface area contributed by atoms with E-state index in [1.165, 1.54) is 0 Å². The molecule has 0 aliphatic heterocycles. The number of hydrogen-bond acceptors (Lipinski definition) is 10. The maximum atomic E-state index is 11.3. The van der Waals surface area contributed by atoms with E-state index in [1.807, 2.05) is 0 Å². The van der Waals surface area contributed by atoms with Crippen LogP contribution in [0.5, 0.6) is 0 Å². The Hall–Kier alpha value is -2.14. The first-order valence-corrected chi connectivity index (χ1v) is 5.99. The van der Waals surface area contributed by atoms with Crippen LogP contribution in [0.15, 0.2) is 12.2 Å². The Morgan fingerprint density at radius 3 is 1.77 bits per heavy atom. The third kappa shape index (κ3) is 7.04. The molecule has 4 N–H and O–H groups in total. The molecule has 0 aromatic rings. The highest BCUT2D eigenvalue weighted by atomic mass is 16.6. The summed E-state index contributed by atoms with van der Waals surface area (Å²) in [4.78, 5) is 44.5. The Balaban J connectivity index is 4.22. The average Bonchev–Trinajstić information content (AvgIpc) is 2.50. The summed E-state index contributed by atoms with van der Waals surface area (Å²) >= 11 is 0. The number of rotatable bonds is 8. The quantitative estimate of drug-likeness (QED) is 0.208. The van der Waals surface area contributed by atoms with Crippen molar-refractivity contribution in [3.05, 3.63) is 12.2 Å². The van der Waals surface area contributed by atoms with Crippen LogP contribution < -0.4 is 0 Å². The standard InChI is InChI=1S/C12H16O10/c1-6(10(18)22-12(20)8(16)5-14)2-3-9(17)21-11(19)7(15)4-13/h7-8,13-16H,1-5H2. The van der Waals surface area contributed by atoms with Gasteiger partial charge >= 0.3 is 23.9 Å². The summed E-state index contributed by atoms with van der Waals surface area (Å²) in [7, 11) is 0. The van der Waals surface area contributed by atoms with E-state index in [9.17, 15) is 19.2 Å². The molecule has 0 saturated carbocycles. The Bertz CT molecular complexity index is 455. The van der Waals surface area contributed by atoms with E-state index in [0.29, 0.717) is 0 Å². The van der Waals surface area contributed by atoms with Gasteiger partial charge in [-0.25, -0.2) is 14.4 Å². The number of aliphatic hydroxyl groups is 4. The van der Waals surface area contributed by atoms with Crippen LogP contribution >= 0.6 is 0 Å². The van der Waals surface area contributed by atoms with E-state index in [0.717, 1.165) is 0 Å². The molecule has 0 radical (unpaired) electrons. The topological polar surface area (TPSA) is 168 Å². The number of carbonyl (C=O) groups excluding carboxylic acids is 4. The van der Waals surface area contributed by atoms with E-state index >= 15 is 0 Å². The molecule has 0 saturated heterocycles. The van der Waals surface area contributed by atoms with Crippen LogP contribution in [-0.2, 0) is 28.7 Å². The Kier molecular flexibility index (Phi) is 8.79. The van der Waals surface area contributed by atoms with Gasteiger partial charge in [0.1, 0.15) is 0 Å². The monoisotopic (exact) mass is 320 g/mol. The lowest BCUT2D eigenvalue weighted by molar-refractivity contribution is -0.167. The molecule has 22 heavy (non-hydrogen) atoms. The smallest absolute Gasteiger partial charge is 0.345 e. The largest absolute Gasteiger partial charge is 0.393 e. The molecular formula is C12H16O10. The van der Waals surface area contributed by atoms with Crippen LogP contribution in [-0.4, -0.2) is 69.7 Å². The lowest BCUT2D eigenvalue weighted by atomic mass is 10.1. The van der Waals surface area contributed by atoms with Crippen molar-refractivity contribution in [3.63, 3.8) is 0 Å². The van der Waals surface area contributed by atoms with Gasteiger partial charge < -0.3 is 29.9 Å². The van der Waals surface area contributed by atoms with Crippen molar-refractivity contribution >= 4 is 23.9 Å². The highest BCUT2D eigenvalue weighted by Gasteiger charge is 2.23. The fraction of sp³-hybridized carbons (Fsp3) is 0.500. The van der Waals surface area contributed by atoms with E-state index < -0.39 is 55.7 Å². The van der Waals surface area contributed by atoms with E-state index in [1.54, 1.807) is 0 Å². The molecular weight excluding hydrogens is 304 g/mol. The molecule has 0 heterocycles. The third-order valence-corrected chi connectivity index (χ3v) is 2.22. The number of ether oxygens (including phenoxy) is 2. The van der Waals surface area contributed by atoms with Crippen molar-refractivity contribution in [3.8, 4) is 0 Å². The zero-order valence-corrected chi connectivity index (χ0v) is 11.4. The zero-order chi connectivity index (χ0) is 17.3. The fourth-order valence-corrected chi connectivity index (χ4v) is 0.967. The summed E-state index contributed by atoms with van der Waals surface area (Å²) < 4.78 is 8.30. The molecule has 0 aromatic carbocycles. The molecule has 124 valence electrons. The highest BCUT2D eigenvalue weighted by molar-refractivity contribution is 5.97. The summed E-state index contributed by atoms with van der Waals surface area (Å²) in [6.45, 7) is 1.40. The molecule has 0 aromatic heterocycles. The van der Waals surface area contributed by atoms with Crippen molar-refractivity contribution in [2.24, 2.45) is 0 Å². The Morgan fingerprint density at radius 2 is 1.32 bits per heavy atom. The van der Waals surface area contributed by atoms with Crippen molar-refractivity contribution in [2.45, 2.75) is 25.0 Å². The van der Waals surface area contributed by atoms with Crippen LogP contribution in [0.1, 0.15) is 12.8 Å². The van der Waals surface area contributed by atoms with Crippen molar-refractivity contribution in [1.29, 1.82) is 0 Å². The molecule has 10 nitrogen and oxygen atoms in total. The van der Waals surface area contributed by atoms with Gasteiger partial charge in [-0.05, 0) is 6.42 Å². The first kappa shape index (κ1) is 19.9. The van der Waals surface area contributed by atoms with E-state index in [2.05, 4.69) is 16.1 Å².